The molecule has 3 heteroatoms. The molecule has 0 saturated carbocycles. The molecule has 0 aliphatic carbocycles. The molecule has 0 bridgehead atoms. The van der Waals surface area contributed by atoms with E-state index >= 15 is 0 Å². The van der Waals surface area contributed by atoms with Crippen molar-refractivity contribution in [2.45, 2.75) is 32.4 Å². The topological polar surface area (TPSA) is 38.0 Å². The molecule has 2 unspecified atom stereocenters. The number of rotatable bonds is 4. The van der Waals surface area contributed by atoms with Crippen LogP contribution in [0.4, 0.5) is 4.39 Å². The Bertz CT molecular complexity index is 133. The van der Waals surface area contributed by atoms with E-state index in [1.165, 1.54) is 0 Å². The lowest BCUT2D eigenvalue weighted by Gasteiger charge is -2.31. The quantitative estimate of drug-likeness (QED) is 0.698. The molecule has 0 spiro atoms. The Morgan fingerprint density at radius 2 is 2.08 bits per heavy atom. The lowest BCUT2D eigenvalue weighted by atomic mass is 9.80. The van der Waals surface area contributed by atoms with Crippen LogP contribution in [-0.2, 0) is 0 Å². The number of nitrogens with one attached hydrogen (secondary N) is 1. The third kappa shape index (κ3) is 3.24. The van der Waals surface area contributed by atoms with Gasteiger partial charge in [0.25, 0.3) is 0 Å². The van der Waals surface area contributed by atoms with E-state index in [1.807, 2.05) is 0 Å². The molecule has 0 radical (unpaired) electrons. The number of hydrogen-bond acceptors (Lipinski definition) is 2. The van der Waals surface area contributed by atoms with Gasteiger partial charge in [0.1, 0.15) is 6.17 Å². The monoisotopic (exact) mass is 188 g/mol. The predicted octanol–water partition coefficient (Wildman–Crippen LogP) is 1.31. The first-order valence-electron chi connectivity index (χ1n) is 5.30. The van der Waals surface area contributed by atoms with E-state index in [-0.39, 0.29) is 5.92 Å². The SMILES string of the molecule is CC(F)C(CCN)C1CCNCC1. The smallest absolute Gasteiger partial charge is 0.100 e. The average molecular weight is 188 g/mol. The molecule has 0 aromatic carbocycles. The second kappa shape index (κ2) is 5.55. The minimum atomic E-state index is -0.702. The van der Waals surface area contributed by atoms with E-state index in [1.54, 1.807) is 6.92 Å². The van der Waals surface area contributed by atoms with Crippen LogP contribution in [-0.4, -0.2) is 25.8 Å². The van der Waals surface area contributed by atoms with Gasteiger partial charge in [-0.05, 0) is 57.7 Å². The molecule has 1 saturated heterocycles. The molecule has 0 aromatic rings. The third-order valence-corrected chi connectivity index (χ3v) is 3.08. The van der Waals surface area contributed by atoms with Gasteiger partial charge >= 0.3 is 0 Å². The molecule has 1 fully saturated rings. The van der Waals surface area contributed by atoms with Crippen LogP contribution in [0, 0.1) is 11.8 Å². The molecule has 1 heterocycles. The third-order valence-electron chi connectivity index (χ3n) is 3.08. The molecule has 2 atom stereocenters. The average Bonchev–Trinajstić information content (AvgIpc) is 2.15. The summed E-state index contributed by atoms with van der Waals surface area (Å²) in [6, 6.07) is 0. The highest BCUT2D eigenvalue weighted by Crippen LogP contribution is 2.28. The van der Waals surface area contributed by atoms with E-state index in [0.717, 1.165) is 32.4 Å². The van der Waals surface area contributed by atoms with Gasteiger partial charge < -0.3 is 11.1 Å². The number of alkyl halides is 1. The van der Waals surface area contributed by atoms with Crippen LogP contribution >= 0.6 is 0 Å². The Morgan fingerprint density at radius 3 is 2.54 bits per heavy atom. The predicted molar refractivity (Wildman–Crippen MR) is 53.3 cm³/mol. The van der Waals surface area contributed by atoms with Crippen LogP contribution in [0.2, 0.25) is 0 Å². The second-order valence-corrected chi connectivity index (χ2v) is 4.01. The van der Waals surface area contributed by atoms with Crippen molar-refractivity contribution in [1.29, 1.82) is 0 Å². The van der Waals surface area contributed by atoms with Crippen LogP contribution in [0.25, 0.3) is 0 Å². The molecular weight excluding hydrogens is 167 g/mol. The van der Waals surface area contributed by atoms with Crippen molar-refractivity contribution in [2.24, 2.45) is 17.6 Å². The zero-order valence-electron chi connectivity index (χ0n) is 8.43. The maximum absolute atomic E-state index is 13.3. The van der Waals surface area contributed by atoms with E-state index in [4.69, 9.17) is 5.73 Å². The van der Waals surface area contributed by atoms with E-state index in [0.29, 0.717) is 12.5 Å². The van der Waals surface area contributed by atoms with Crippen LogP contribution in [0.1, 0.15) is 26.2 Å². The molecular formula is C10H21FN2. The fourth-order valence-corrected chi connectivity index (χ4v) is 2.31. The summed E-state index contributed by atoms with van der Waals surface area (Å²) in [7, 11) is 0. The van der Waals surface area contributed by atoms with Gasteiger partial charge in [0.05, 0.1) is 0 Å². The van der Waals surface area contributed by atoms with Crippen molar-refractivity contribution >= 4 is 0 Å². The Morgan fingerprint density at radius 1 is 1.46 bits per heavy atom. The van der Waals surface area contributed by atoms with Gasteiger partial charge in [-0.2, -0.15) is 0 Å². The summed E-state index contributed by atoms with van der Waals surface area (Å²) in [5.41, 5.74) is 5.49. The first-order chi connectivity index (χ1) is 6.25. The Balaban J connectivity index is 2.41. The van der Waals surface area contributed by atoms with Gasteiger partial charge in [0.15, 0.2) is 0 Å². The molecule has 0 amide bonds. The highest BCUT2D eigenvalue weighted by atomic mass is 19.1. The fourth-order valence-electron chi connectivity index (χ4n) is 2.31. The molecule has 13 heavy (non-hydrogen) atoms. The van der Waals surface area contributed by atoms with Crippen LogP contribution in [0.15, 0.2) is 0 Å². The molecule has 1 aliphatic heterocycles. The van der Waals surface area contributed by atoms with Crippen molar-refractivity contribution in [3.63, 3.8) is 0 Å². The summed E-state index contributed by atoms with van der Waals surface area (Å²) in [5.74, 6) is 0.733. The first kappa shape index (κ1) is 10.9. The fraction of sp³-hybridized carbons (Fsp3) is 1.00. The largest absolute Gasteiger partial charge is 0.330 e. The van der Waals surface area contributed by atoms with Gasteiger partial charge in [-0.15, -0.1) is 0 Å². The summed E-state index contributed by atoms with van der Waals surface area (Å²) in [6.07, 6.45) is 2.35. The van der Waals surface area contributed by atoms with E-state index in [2.05, 4.69) is 5.32 Å². The van der Waals surface area contributed by atoms with Gasteiger partial charge in [0, 0.05) is 0 Å². The maximum atomic E-state index is 13.3. The van der Waals surface area contributed by atoms with Crippen LogP contribution < -0.4 is 11.1 Å². The number of nitrogens with two attached hydrogens (primary N) is 1. The van der Waals surface area contributed by atoms with Crippen molar-refractivity contribution in [1.82, 2.24) is 5.32 Å². The van der Waals surface area contributed by atoms with Crippen molar-refractivity contribution in [3.05, 3.63) is 0 Å². The van der Waals surface area contributed by atoms with Gasteiger partial charge in [0.2, 0.25) is 0 Å². The lowest BCUT2D eigenvalue weighted by Crippen LogP contribution is -2.35. The second-order valence-electron chi connectivity index (χ2n) is 4.01. The number of halogens is 1. The van der Waals surface area contributed by atoms with Crippen molar-refractivity contribution in [3.8, 4) is 0 Å². The van der Waals surface area contributed by atoms with Gasteiger partial charge in [-0.3, -0.25) is 0 Å². The lowest BCUT2D eigenvalue weighted by molar-refractivity contribution is 0.144. The molecule has 2 nitrogen and oxygen atoms in total. The Hall–Kier alpha value is -0.150. The number of hydrogen-bond donors (Lipinski definition) is 2. The maximum Gasteiger partial charge on any atom is 0.100 e. The molecule has 78 valence electrons. The molecule has 1 rings (SSSR count). The van der Waals surface area contributed by atoms with E-state index in [9.17, 15) is 4.39 Å². The summed E-state index contributed by atoms with van der Waals surface area (Å²) in [6.45, 7) is 4.36. The van der Waals surface area contributed by atoms with Gasteiger partial charge in [-0.1, -0.05) is 0 Å². The minimum Gasteiger partial charge on any atom is -0.330 e. The van der Waals surface area contributed by atoms with Crippen molar-refractivity contribution < 1.29 is 4.39 Å². The highest BCUT2D eigenvalue weighted by Gasteiger charge is 2.27. The first-order valence-corrected chi connectivity index (χ1v) is 5.30. The molecule has 1 aliphatic rings. The summed E-state index contributed by atoms with van der Waals surface area (Å²) in [4.78, 5) is 0. The minimum absolute atomic E-state index is 0.187. The molecule has 0 aromatic heterocycles. The van der Waals surface area contributed by atoms with E-state index < -0.39 is 6.17 Å². The highest BCUT2D eigenvalue weighted by molar-refractivity contribution is 4.79. The Labute approximate surface area is 80.1 Å². The molecule has 3 N–H and O–H groups in total. The van der Waals surface area contributed by atoms with Crippen molar-refractivity contribution in [2.75, 3.05) is 19.6 Å². The Kier molecular flexibility index (Phi) is 4.67. The van der Waals surface area contributed by atoms with Crippen LogP contribution in [0.3, 0.4) is 0 Å². The summed E-state index contributed by atoms with van der Waals surface area (Å²) < 4.78 is 13.3. The van der Waals surface area contributed by atoms with Gasteiger partial charge in [-0.25, -0.2) is 4.39 Å². The zero-order chi connectivity index (χ0) is 9.68. The summed E-state index contributed by atoms with van der Waals surface area (Å²) >= 11 is 0. The van der Waals surface area contributed by atoms with Crippen LogP contribution in [0.5, 0.6) is 0 Å². The summed E-state index contributed by atoms with van der Waals surface area (Å²) in [5, 5.41) is 3.30. The normalized spacial score (nSPS) is 24.2. The standard InChI is InChI=1S/C10H21FN2/c1-8(11)10(2-5-12)9-3-6-13-7-4-9/h8-10,13H,2-7,12H2,1H3. The number of piperidine rings is 1. The zero-order valence-corrected chi connectivity index (χ0v) is 8.43.